The van der Waals surface area contributed by atoms with Crippen molar-refractivity contribution in [1.82, 2.24) is 9.80 Å². The van der Waals surface area contributed by atoms with Gasteiger partial charge in [-0.25, -0.2) is 0 Å². The van der Waals surface area contributed by atoms with E-state index in [4.69, 9.17) is 0 Å². The molecule has 0 aliphatic carbocycles. The van der Waals surface area contributed by atoms with Gasteiger partial charge in [-0.15, -0.1) is 0 Å². The molecule has 0 radical (unpaired) electrons. The number of hydrogen-bond acceptors (Lipinski definition) is 3. The largest absolute Gasteiger partial charge is 0.384 e. The van der Waals surface area contributed by atoms with Gasteiger partial charge in [0.15, 0.2) is 0 Å². The monoisotopic (exact) mass is 273 g/mol. The van der Waals surface area contributed by atoms with Gasteiger partial charge in [0.25, 0.3) is 0 Å². The number of anilines is 1. The van der Waals surface area contributed by atoms with Gasteiger partial charge in [-0.1, -0.05) is 19.1 Å². The fourth-order valence-electron chi connectivity index (χ4n) is 3.53. The molecule has 1 saturated heterocycles. The van der Waals surface area contributed by atoms with E-state index in [1.807, 2.05) is 0 Å². The fourth-order valence-corrected chi connectivity index (χ4v) is 3.53. The second-order valence-electron chi connectivity index (χ2n) is 6.25. The minimum absolute atomic E-state index is 0.749. The molecule has 1 fully saturated rings. The third-order valence-electron chi connectivity index (χ3n) is 4.94. The molecule has 0 aromatic heterocycles. The molecule has 3 rings (SSSR count). The Morgan fingerprint density at radius 3 is 2.85 bits per heavy atom. The van der Waals surface area contributed by atoms with Crippen LogP contribution in [-0.4, -0.2) is 49.1 Å². The maximum absolute atomic E-state index is 3.48. The minimum atomic E-state index is 0.749. The normalized spacial score (nSPS) is 20.1. The summed E-state index contributed by atoms with van der Waals surface area (Å²) in [5.74, 6) is 0. The summed E-state index contributed by atoms with van der Waals surface area (Å²) in [6, 6.07) is 7.71. The summed E-state index contributed by atoms with van der Waals surface area (Å²) >= 11 is 0. The maximum Gasteiger partial charge on any atom is 0.0376 e. The molecule has 110 valence electrons. The molecule has 1 aromatic rings. The van der Waals surface area contributed by atoms with Crippen LogP contribution in [0.15, 0.2) is 18.2 Å². The Hall–Kier alpha value is -1.06. The van der Waals surface area contributed by atoms with Crippen molar-refractivity contribution in [3.05, 3.63) is 29.3 Å². The predicted octanol–water partition coefficient (Wildman–Crippen LogP) is 2.57. The Morgan fingerprint density at radius 1 is 1.30 bits per heavy atom. The molecule has 0 saturated carbocycles. The molecular weight excluding hydrogens is 246 g/mol. The smallest absolute Gasteiger partial charge is 0.0376 e. The van der Waals surface area contributed by atoms with Crippen molar-refractivity contribution >= 4 is 5.69 Å². The Bertz CT molecular complexity index is 450. The highest BCUT2D eigenvalue weighted by Gasteiger charge is 2.21. The summed E-state index contributed by atoms with van der Waals surface area (Å²) in [6.07, 6.45) is 3.81. The lowest BCUT2D eigenvalue weighted by molar-refractivity contribution is 0.127. The average molecular weight is 273 g/mol. The Morgan fingerprint density at radius 2 is 2.10 bits per heavy atom. The molecule has 0 spiro atoms. The lowest BCUT2D eigenvalue weighted by Gasteiger charge is -2.36. The van der Waals surface area contributed by atoms with Crippen molar-refractivity contribution in [2.24, 2.45) is 0 Å². The summed E-state index contributed by atoms with van der Waals surface area (Å²) in [5, 5.41) is 3.48. The first-order valence-electron chi connectivity index (χ1n) is 8.04. The standard InChI is InChI=1S/C17H27N3/c1-3-20-10-7-16(8-11-20)19(2)13-14-4-5-15-6-9-18-17(15)12-14/h4-5,12,16,18H,3,6-11,13H2,1-2H3. The van der Waals surface area contributed by atoms with Crippen LogP contribution in [0.1, 0.15) is 30.9 Å². The van der Waals surface area contributed by atoms with E-state index in [9.17, 15) is 0 Å². The molecule has 0 bridgehead atoms. The number of piperidine rings is 1. The van der Waals surface area contributed by atoms with Gasteiger partial charge < -0.3 is 10.2 Å². The van der Waals surface area contributed by atoms with Crippen LogP contribution in [-0.2, 0) is 13.0 Å². The summed E-state index contributed by atoms with van der Waals surface area (Å²) in [4.78, 5) is 5.10. The fraction of sp³-hybridized carbons (Fsp3) is 0.647. The summed E-state index contributed by atoms with van der Waals surface area (Å²) < 4.78 is 0. The first-order chi connectivity index (χ1) is 9.76. The van der Waals surface area contributed by atoms with Crippen LogP contribution in [0.5, 0.6) is 0 Å². The Balaban J connectivity index is 1.57. The number of nitrogens with zero attached hydrogens (tertiary/aromatic N) is 2. The molecule has 3 nitrogen and oxygen atoms in total. The van der Waals surface area contributed by atoms with Gasteiger partial charge in [-0.2, -0.15) is 0 Å². The van der Waals surface area contributed by atoms with Crippen LogP contribution in [0.4, 0.5) is 5.69 Å². The van der Waals surface area contributed by atoms with Crippen molar-refractivity contribution < 1.29 is 0 Å². The number of fused-ring (bicyclic) bond motifs is 1. The molecule has 1 aromatic carbocycles. The molecule has 0 unspecified atom stereocenters. The quantitative estimate of drug-likeness (QED) is 0.909. The number of nitrogens with one attached hydrogen (secondary N) is 1. The second-order valence-corrected chi connectivity index (χ2v) is 6.25. The van der Waals surface area contributed by atoms with E-state index < -0.39 is 0 Å². The van der Waals surface area contributed by atoms with Gasteiger partial charge in [-0.05, 0) is 63.1 Å². The highest BCUT2D eigenvalue weighted by Crippen LogP contribution is 2.25. The van der Waals surface area contributed by atoms with Crippen LogP contribution in [0.25, 0.3) is 0 Å². The Kier molecular flexibility index (Phi) is 4.27. The van der Waals surface area contributed by atoms with Gasteiger partial charge in [0, 0.05) is 24.8 Å². The summed E-state index contributed by atoms with van der Waals surface area (Å²) in [7, 11) is 2.28. The van der Waals surface area contributed by atoms with Crippen LogP contribution < -0.4 is 5.32 Å². The molecule has 2 aliphatic heterocycles. The van der Waals surface area contributed by atoms with E-state index in [0.717, 1.165) is 19.1 Å². The van der Waals surface area contributed by atoms with E-state index in [1.54, 1.807) is 0 Å². The van der Waals surface area contributed by atoms with Crippen molar-refractivity contribution in [1.29, 1.82) is 0 Å². The number of rotatable bonds is 4. The molecular formula is C17H27N3. The zero-order valence-electron chi connectivity index (χ0n) is 12.9. The zero-order valence-corrected chi connectivity index (χ0v) is 12.9. The number of likely N-dealkylation sites (tertiary alicyclic amines) is 1. The molecule has 0 atom stereocenters. The van der Waals surface area contributed by atoms with E-state index in [1.165, 1.54) is 55.7 Å². The zero-order chi connectivity index (χ0) is 13.9. The van der Waals surface area contributed by atoms with Crippen molar-refractivity contribution in [2.45, 2.75) is 38.8 Å². The summed E-state index contributed by atoms with van der Waals surface area (Å²) in [5.41, 5.74) is 4.28. The third kappa shape index (κ3) is 2.99. The van der Waals surface area contributed by atoms with Crippen molar-refractivity contribution in [3.8, 4) is 0 Å². The highest BCUT2D eigenvalue weighted by molar-refractivity contribution is 5.57. The van der Waals surface area contributed by atoms with Gasteiger partial charge >= 0.3 is 0 Å². The van der Waals surface area contributed by atoms with Crippen LogP contribution in [0.3, 0.4) is 0 Å². The van der Waals surface area contributed by atoms with Crippen LogP contribution in [0.2, 0.25) is 0 Å². The van der Waals surface area contributed by atoms with Gasteiger partial charge in [0.05, 0.1) is 0 Å². The van der Waals surface area contributed by atoms with E-state index in [0.29, 0.717) is 0 Å². The third-order valence-corrected chi connectivity index (χ3v) is 4.94. The molecule has 2 aliphatic rings. The van der Waals surface area contributed by atoms with E-state index >= 15 is 0 Å². The molecule has 3 heteroatoms. The highest BCUT2D eigenvalue weighted by atomic mass is 15.2. The van der Waals surface area contributed by atoms with E-state index in [-0.39, 0.29) is 0 Å². The molecule has 20 heavy (non-hydrogen) atoms. The SMILES string of the molecule is CCN1CCC(N(C)Cc2ccc3c(c2)NCC3)CC1. The average Bonchev–Trinajstić information content (AvgIpc) is 2.95. The number of hydrogen-bond donors (Lipinski definition) is 1. The van der Waals surface area contributed by atoms with Gasteiger partial charge in [0.2, 0.25) is 0 Å². The number of benzene rings is 1. The van der Waals surface area contributed by atoms with E-state index in [2.05, 4.69) is 47.3 Å². The van der Waals surface area contributed by atoms with Gasteiger partial charge in [0.1, 0.15) is 0 Å². The lowest BCUT2D eigenvalue weighted by Crippen LogP contribution is -2.42. The minimum Gasteiger partial charge on any atom is -0.384 e. The van der Waals surface area contributed by atoms with Crippen LogP contribution in [0, 0.1) is 0 Å². The second kappa shape index (κ2) is 6.15. The van der Waals surface area contributed by atoms with Gasteiger partial charge in [-0.3, -0.25) is 4.90 Å². The van der Waals surface area contributed by atoms with Crippen LogP contribution >= 0.6 is 0 Å². The molecule has 2 heterocycles. The topological polar surface area (TPSA) is 18.5 Å². The maximum atomic E-state index is 3.48. The molecule has 0 amide bonds. The molecule has 1 N–H and O–H groups in total. The lowest BCUT2D eigenvalue weighted by atomic mass is 10.0. The Labute approximate surface area is 123 Å². The predicted molar refractivity (Wildman–Crippen MR) is 85.2 cm³/mol. The first kappa shape index (κ1) is 13.9. The van der Waals surface area contributed by atoms with Crippen molar-refractivity contribution in [2.75, 3.05) is 38.5 Å². The first-order valence-corrected chi connectivity index (χ1v) is 8.04. The van der Waals surface area contributed by atoms with Crippen molar-refractivity contribution in [3.63, 3.8) is 0 Å². The summed E-state index contributed by atoms with van der Waals surface area (Å²) in [6.45, 7) is 8.17.